The van der Waals surface area contributed by atoms with Gasteiger partial charge in [-0.25, -0.2) is 0 Å². The van der Waals surface area contributed by atoms with E-state index in [-0.39, 0.29) is 0 Å². The number of aromatic nitrogens is 1. The summed E-state index contributed by atoms with van der Waals surface area (Å²) in [5.74, 6) is 0. The van der Waals surface area contributed by atoms with Gasteiger partial charge in [-0.05, 0) is 43.5 Å². The molecular weight excluding hydrogens is 256 g/mol. The van der Waals surface area contributed by atoms with Gasteiger partial charge in [-0.1, -0.05) is 43.3 Å². The average molecular weight is 276 g/mol. The van der Waals surface area contributed by atoms with Gasteiger partial charge in [0.05, 0.1) is 5.52 Å². The third-order valence-corrected chi connectivity index (χ3v) is 3.84. The van der Waals surface area contributed by atoms with Crippen molar-refractivity contribution in [1.82, 2.24) is 4.98 Å². The molecular formula is C19H20N2. The predicted octanol–water partition coefficient (Wildman–Crippen LogP) is 5.16. The van der Waals surface area contributed by atoms with Crippen LogP contribution < -0.4 is 5.32 Å². The van der Waals surface area contributed by atoms with Crippen LogP contribution in [0.15, 0.2) is 48.5 Å². The standard InChI is InChI=1S/C19H20N2/c1-4-15-9-5-6-11-17(15)21-18-12-14(3)20-19-13(2)8-7-10-16(18)19/h5-12H,4H2,1-3H3,(H,20,21). The van der Waals surface area contributed by atoms with Crippen LogP contribution in [0, 0.1) is 13.8 Å². The first-order valence-corrected chi connectivity index (χ1v) is 7.41. The molecule has 2 aromatic carbocycles. The summed E-state index contributed by atoms with van der Waals surface area (Å²) in [4.78, 5) is 4.68. The highest BCUT2D eigenvalue weighted by molar-refractivity contribution is 5.95. The number of nitrogens with zero attached hydrogens (tertiary/aromatic N) is 1. The molecule has 0 spiro atoms. The number of para-hydroxylation sites is 2. The number of fused-ring (bicyclic) bond motifs is 1. The molecule has 0 saturated carbocycles. The van der Waals surface area contributed by atoms with Gasteiger partial charge in [0.2, 0.25) is 0 Å². The SMILES string of the molecule is CCc1ccccc1Nc1cc(C)nc2c(C)cccc12. The predicted molar refractivity (Wildman–Crippen MR) is 90.3 cm³/mol. The Balaban J connectivity index is 2.14. The molecule has 0 amide bonds. The topological polar surface area (TPSA) is 24.9 Å². The third kappa shape index (κ3) is 2.62. The maximum absolute atomic E-state index is 4.68. The Kier molecular flexibility index (Phi) is 3.61. The average Bonchev–Trinajstić information content (AvgIpc) is 2.49. The molecule has 1 aromatic heterocycles. The number of anilines is 2. The van der Waals surface area contributed by atoms with Crippen LogP contribution in [-0.2, 0) is 6.42 Å². The van der Waals surface area contributed by atoms with Gasteiger partial charge in [-0.3, -0.25) is 4.98 Å². The van der Waals surface area contributed by atoms with E-state index in [1.807, 2.05) is 6.92 Å². The Hall–Kier alpha value is -2.35. The van der Waals surface area contributed by atoms with Crippen molar-refractivity contribution in [3.63, 3.8) is 0 Å². The summed E-state index contributed by atoms with van der Waals surface area (Å²) < 4.78 is 0. The highest BCUT2D eigenvalue weighted by Gasteiger charge is 2.07. The van der Waals surface area contributed by atoms with Gasteiger partial charge in [0.15, 0.2) is 0 Å². The molecule has 3 aromatic rings. The van der Waals surface area contributed by atoms with Crippen LogP contribution in [0.4, 0.5) is 11.4 Å². The van der Waals surface area contributed by atoms with Crippen LogP contribution in [-0.4, -0.2) is 4.98 Å². The van der Waals surface area contributed by atoms with Gasteiger partial charge < -0.3 is 5.32 Å². The smallest absolute Gasteiger partial charge is 0.0755 e. The van der Waals surface area contributed by atoms with Gasteiger partial charge in [0.1, 0.15) is 0 Å². The van der Waals surface area contributed by atoms with Crippen LogP contribution in [0.3, 0.4) is 0 Å². The summed E-state index contributed by atoms with van der Waals surface area (Å²) >= 11 is 0. The zero-order valence-electron chi connectivity index (χ0n) is 12.8. The Morgan fingerprint density at radius 1 is 0.952 bits per heavy atom. The molecule has 0 bridgehead atoms. The Morgan fingerprint density at radius 2 is 1.76 bits per heavy atom. The molecule has 1 N–H and O–H groups in total. The number of nitrogens with one attached hydrogen (secondary N) is 1. The summed E-state index contributed by atoms with van der Waals surface area (Å²) in [5.41, 5.74) is 6.95. The first-order valence-electron chi connectivity index (χ1n) is 7.41. The van der Waals surface area contributed by atoms with Crippen molar-refractivity contribution in [1.29, 1.82) is 0 Å². The zero-order valence-corrected chi connectivity index (χ0v) is 12.8. The van der Waals surface area contributed by atoms with Crippen molar-refractivity contribution in [2.24, 2.45) is 0 Å². The van der Waals surface area contributed by atoms with Crippen LogP contribution in [0.25, 0.3) is 10.9 Å². The van der Waals surface area contributed by atoms with Crippen LogP contribution in [0.2, 0.25) is 0 Å². The summed E-state index contributed by atoms with van der Waals surface area (Å²) in [6.45, 7) is 6.34. The van der Waals surface area contributed by atoms with E-state index in [2.05, 4.69) is 72.7 Å². The molecule has 0 aliphatic rings. The maximum Gasteiger partial charge on any atom is 0.0755 e. The summed E-state index contributed by atoms with van der Waals surface area (Å²) in [7, 11) is 0. The largest absolute Gasteiger partial charge is 0.355 e. The van der Waals surface area contributed by atoms with Gasteiger partial charge >= 0.3 is 0 Å². The molecule has 2 nitrogen and oxygen atoms in total. The minimum absolute atomic E-state index is 1.02. The number of hydrogen-bond donors (Lipinski definition) is 1. The number of aryl methyl sites for hydroxylation is 3. The van der Waals surface area contributed by atoms with E-state index < -0.39 is 0 Å². The van der Waals surface area contributed by atoms with E-state index in [0.29, 0.717) is 0 Å². The number of hydrogen-bond acceptors (Lipinski definition) is 2. The maximum atomic E-state index is 4.68. The second-order valence-corrected chi connectivity index (χ2v) is 5.42. The molecule has 0 saturated heterocycles. The lowest BCUT2D eigenvalue weighted by Gasteiger charge is -2.14. The van der Waals surface area contributed by atoms with Crippen LogP contribution >= 0.6 is 0 Å². The summed E-state index contributed by atoms with van der Waals surface area (Å²) in [5, 5.41) is 4.77. The number of rotatable bonds is 3. The highest BCUT2D eigenvalue weighted by Crippen LogP contribution is 2.29. The Labute approximate surface area is 125 Å². The van der Waals surface area contributed by atoms with Crippen LogP contribution in [0.5, 0.6) is 0 Å². The van der Waals surface area contributed by atoms with E-state index in [0.717, 1.165) is 23.3 Å². The van der Waals surface area contributed by atoms with Crippen molar-refractivity contribution in [2.45, 2.75) is 27.2 Å². The fourth-order valence-electron chi connectivity index (χ4n) is 2.72. The van der Waals surface area contributed by atoms with Crippen LogP contribution in [0.1, 0.15) is 23.7 Å². The van der Waals surface area contributed by atoms with Gasteiger partial charge in [0.25, 0.3) is 0 Å². The first-order chi connectivity index (χ1) is 10.2. The van der Waals surface area contributed by atoms with E-state index in [1.165, 1.54) is 22.2 Å². The third-order valence-electron chi connectivity index (χ3n) is 3.84. The molecule has 0 radical (unpaired) electrons. The van der Waals surface area contributed by atoms with Crippen molar-refractivity contribution >= 4 is 22.3 Å². The first kappa shape index (κ1) is 13.6. The second kappa shape index (κ2) is 5.57. The molecule has 0 unspecified atom stereocenters. The van der Waals surface area contributed by atoms with Crippen molar-refractivity contribution in [2.75, 3.05) is 5.32 Å². The lowest BCUT2D eigenvalue weighted by Crippen LogP contribution is -1.98. The zero-order chi connectivity index (χ0) is 14.8. The van der Waals surface area contributed by atoms with Crippen molar-refractivity contribution < 1.29 is 0 Å². The molecule has 1 heterocycles. The number of benzene rings is 2. The minimum Gasteiger partial charge on any atom is -0.355 e. The molecule has 2 heteroatoms. The fourth-order valence-corrected chi connectivity index (χ4v) is 2.72. The quantitative estimate of drug-likeness (QED) is 0.715. The van der Waals surface area contributed by atoms with E-state index >= 15 is 0 Å². The van der Waals surface area contributed by atoms with Crippen molar-refractivity contribution in [3.8, 4) is 0 Å². The monoisotopic (exact) mass is 276 g/mol. The van der Waals surface area contributed by atoms with Gasteiger partial charge in [-0.2, -0.15) is 0 Å². The van der Waals surface area contributed by atoms with E-state index in [1.54, 1.807) is 0 Å². The Morgan fingerprint density at radius 3 is 2.57 bits per heavy atom. The van der Waals surface area contributed by atoms with Crippen molar-refractivity contribution in [3.05, 3.63) is 65.4 Å². The second-order valence-electron chi connectivity index (χ2n) is 5.42. The minimum atomic E-state index is 1.02. The summed E-state index contributed by atoms with van der Waals surface area (Å²) in [6, 6.07) is 16.9. The summed E-state index contributed by atoms with van der Waals surface area (Å²) in [6.07, 6.45) is 1.02. The molecule has 0 fully saturated rings. The highest BCUT2D eigenvalue weighted by atomic mass is 14.9. The lowest BCUT2D eigenvalue weighted by molar-refractivity contribution is 1.14. The molecule has 0 aliphatic heterocycles. The fraction of sp³-hybridized carbons (Fsp3) is 0.211. The lowest BCUT2D eigenvalue weighted by atomic mass is 10.1. The number of pyridine rings is 1. The van der Waals surface area contributed by atoms with Gasteiger partial charge in [-0.15, -0.1) is 0 Å². The molecule has 0 aliphatic carbocycles. The molecule has 21 heavy (non-hydrogen) atoms. The Bertz CT molecular complexity index is 791. The van der Waals surface area contributed by atoms with E-state index in [9.17, 15) is 0 Å². The van der Waals surface area contributed by atoms with Gasteiger partial charge in [0, 0.05) is 22.5 Å². The van der Waals surface area contributed by atoms with E-state index in [4.69, 9.17) is 0 Å². The molecule has 3 rings (SSSR count). The molecule has 0 atom stereocenters. The molecule has 106 valence electrons. The normalized spacial score (nSPS) is 10.8.